The number of halogens is 5. The van der Waals surface area contributed by atoms with Crippen molar-refractivity contribution in [3.63, 3.8) is 0 Å². The van der Waals surface area contributed by atoms with Gasteiger partial charge in [0.15, 0.2) is 6.61 Å². The molecule has 0 bridgehead atoms. The Balaban J connectivity index is 2.36. The highest BCUT2D eigenvalue weighted by Gasteiger charge is 2.29. The molecule has 6 nitrogen and oxygen atoms in total. The molecule has 1 N–H and O–H groups in total. The van der Waals surface area contributed by atoms with Crippen LogP contribution in [0.1, 0.15) is 24.2 Å². The van der Waals surface area contributed by atoms with Crippen molar-refractivity contribution in [1.29, 1.82) is 0 Å². The summed E-state index contributed by atoms with van der Waals surface area (Å²) in [6.45, 7) is 1.98. The smallest absolute Gasteiger partial charge is 0.422 e. The van der Waals surface area contributed by atoms with Crippen molar-refractivity contribution >= 4 is 33.2 Å². The zero-order valence-corrected chi connectivity index (χ0v) is 18.0. The molecule has 1 amide bonds. The van der Waals surface area contributed by atoms with Crippen molar-refractivity contribution in [3.8, 4) is 5.75 Å². The SMILES string of the molecule is CCN(CC)S(=O)(=O)c1cc(C(=O)Nc2cc(F)ccc2OCC(F)(F)F)ccc1Cl. The molecule has 31 heavy (non-hydrogen) atoms. The van der Waals surface area contributed by atoms with Crippen molar-refractivity contribution < 1.29 is 35.5 Å². The Morgan fingerprint density at radius 3 is 2.35 bits per heavy atom. The van der Waals surface area contributed by atoms with Crippen molar-refractivity contribution in [2.24, 2.45) is 0 Å². The Bertz CT molecular complexity index is 1060. The molecule has 0 atom stereocenters. The van der Waals surface area contributed by atoms with Crippen LogP contribution in [0.15, 0.2) is 41.3 Å². The molecule has 0 aliphatic carbocycles. The summed E-state index contributed by atoms with van der Waals surface area (Å²) in [7, 11) is -3.99. The van der Waals surface area contributed by atoms with E-state index < -0.39 is 40.3 Å². The third-order valence-corrected chi connectivity index (χ3v) is 6.63. The van der Waals surface area contributed by atoms with Gasteiger partial charge in [0, 0.05) is 24.7 Å². The van der Waals surface area contributed by atoms with E-state index in [9.17, 15) is 30.8 Å². The minimum absolute atomic E-state index is 0.108. The minimum atomic E-state index is -4.64. The second-order valence-electron chi connectivity index (χ2n) is 6.23. The van der Waals surface area contributed by atoms with Crippen LogP contribution in [0.4, 0.5) is 23.2 Å². The lowest BCUT2D eigenvalue weighted by Crippen LogP contribution is -2.31. The molecular formula is C19H19ClF4N2O4S. The number of nitrogens with zero attached hydrogens (tertiary/aromatic N) is 1. The van der Waals surface area contributed by atoms with Crippen LogP contribution in [-0.4, -0.2) is 44.5 Å². The Kier molecular flexibility index (Phi) is 7.90. The van der Waals surface area contributed by atoms with Gasteiger partial charge in [-0.2, -0.15) is 17.5 Å². The van der Waals surface area contributed by atoms with Crippen LogP contribution >= 0.6 is 11.6 Å². The summed E-state index contributed by atoms with van der Waals surface area (Å²) in [4.78, 5) is 12.3. The van der Waals surface area contributed by atoms with Crippen LogP contribution in [0.25, 0.3) is 0 Å². The first-order valence-corrected chi connectivity index (χ1v) is 10.8. The van der Waals surface area contributed by atoms with Gasteiger partial charge in [0.25, 0.3) is 5.91 Å². The molecular weight excluding hydrogens is 464 g/mol. The van der Waals surface area contributed by atoms with Crippen molar-refractivity contribution in [1.82, 2.24) is 4.31 Å². The van der Waals surface area contributed by atoms with Gasteiger partial charge >= 0.3 is 6.18 Å². The zero-order chi connectivity index (χ0) is 23.4. The number of benzene rings is 2. The van der Waals surface area contributed by atoms with Crippen LogP contribution in [-0.2, 0) is 10.0 Å². The predicted octanol–water partition coefficient (Wildman–Crippen LogP) is 4.70. The van der Waals surface area contributed by atoms with Crippen LogP contribution in [0.5, 0.6) is 5.75 Å². The maximum atomic E-state index is 13.6. The number of amides is 1. The Morgan fingerprint density at radius 2 is 1.77 bits per heavy atom. The van der Waals surface area contributed by atoms with Crippen molar-refractivity contribution in [2.75, 3.05) is 25.0 Å². The summed E-state index contributed by atoms with van der Waals surface area (Å²) in [5.74, 6) is -2.12. The number of alkyl halides is 3. The first kappa shape index (κ1) is 24.9. The number of hydrogen-bond donors (Lipinski definition) is 1. The van der Waals surface area contributed by atoms with E-state index in [-0.39, 0.29) is 34.3 Å². The van der Waals surface area contributed by atoms with Crippen LogP contribution < -0.4 is 10.1 Å². The van der Waals surface area contributed by atoms with Gasteiger partial charge in [-0.15, -0.1) is 0 Å². The van der Waals surface area contributed by atoms with Gasteiger partial charge in [-0.3, -0.25) is 4.79 Å². The number of sulfonamides is 1. The van der Waals surface area contributed by atoms with Crippen LogP contribution in [0, 0.1) is 5.82 Å². The number of carbonyl (C=O) groups is 1. The number of anilines is 1. The molecule has 0 aromatic heterocycles. The highest BCUT2D eigenvalue weighted by molar-refractivity contribution is 7.89. The lowest BCUT2D eigenvalue weighted by atomic mass is 10.2. The summed E-state index contributed by atoms with van der Waals surface area (Å²) in [6.07, 6.45) is -4.64. The molecule has 2 aromatic rings. The van der Waals surface area contributed by atoms with E-state index in [1.165, 1.54) is 12.1 Å². The molecule has 2 rings (SSSR count). The largest absolute Gasteiger partial charge is 0.482 e. The van der Waals surface area contributed by atoms with Crippen LogP contribution in [0.2, 0.25) is 5.02 Å². The topological polar surface area (TPSA) is 75.7 Å². The van der Waals surface area contributed by atoms with Gasteiger partial charge in [0.1, 0.15) is 16.5 Å². The molecule has 0 heterocycles. The second-order valence-corrected chi connectivity index (χ2v) is 8.55. The molecule has 12 heteroatoms. The van der Waals surface area contributed by atoms with E-state index in [1.54, 1.807) is 13.8 Å². The summed E-state index contributed by atoms with van der Waals surface area (Å²) in [5.41, 5.74) is -0.501. The third-order valence-electron chi connectivity index (χ3n) is 4.10. The average molecular weight is 483 g/mol. The molecule has 170 valence electrons. The maximum Gasteiger partial charge on any atom is 0.422 e. The van der Waals surface area contributed by atoms with Crippen molar-refractivity contribution in [3.05, 3.63) is 52.8 Å². The molecule has 0 aliphatic heterocycles. The third kappa shape index (κ3) is 6.31. The van der Waals surface area contributed by atoms with E-state index in [4.69, 9.17) is 11.6 Å². The number of hydrogen-bond acceptors (Lipinski definition) is 4. The highest BCUT2D eigenvalue weighted by Crippen LogP contribution is 2.30. The molecule has 0 spiro atoms. The molecule has 0 aliphatic rings. The van der Waals surface area contributed by atoms with E-state index >= 15 is 0 Å². The summed E-state index contributed by atoms with van der Waals surface area (Å²) in [6, 6.07) is 6.08. The normalized spacial score (nSPS) is 12.1. The summed E-state index contributed by atoms with van der Waals surface area (Å²) in [5, 5.41) is 2.13. The predicted molar refractivity (Wildman–Crippen MR) is 107 cm³/mol. The van der Waals surface area contributed by atoms with Gasteiger partial charge in [-0.05, 0) is 30.3 Å². The van der Waals surface area contributed by atoms with Gasteiger partial charge in [0.05, 0.1) is 10.7 Å². The van der Waals surface area contributed by atoms with E-state index in [2.05, 4.69) is 10.1 Å². The maximum absolute atomic E-state index is 13.6. The minimum Gasteiger partial charge on any atom is -0.482 e. The fraction of sp³-hybridized carbons (Fsp3) is 0.316. The Morgan fingerprint density at radius 1 is 1.13 bits per heavy atom. The first-order valence-electron chi connectivity index (χ1n) is 8.99. The lowest BCUT2D eigenvalue weighted by Gasteiger charge is -2.19. The highest BCUT2D eigenvalue weighted by atomic mass is 35.5. The van der Waals surface area contributed by atoms with E-state index in [0.717, 1.165) is 28.6 Å². The quantitative estimate of drug-likeness (QED) is 0.553. The summed E-state index contributed by atoms with van der Waals surface area (Å²) >= 11 is 6.02. The van der Waals surface area contributed by atoms with E-state index in [0.29, 0.717) is 0 Å². The number of nitrogens with one attached hydrogen (secondary N) is 1. The first-order chi connectivity index (χ1) is 14.4. The molecule has 0 unspecified atom stereocenters. The fourth-order valence-corrected chi connectivity index (χ4v) is 4.58. The van der Waals surface area contributed by atoms with Gasteiger partial charge < -0.3 is 10.1 Å². The van der Waals surface area contributed by atoms with Gasteiger partial charge in [0.2, 0.25) is 10.0 Å². The van der Waals surface area contributed by atoms with Gasteiger partial charge in [-0.1, -0.05) is 25.4 Å². The molecule has 0 radical (unpaired) electrons. The summed E-state index contributed by atoms with van der Waals surface area (Å²) < 4.78 is 82.2. The Hall–Kier alpha value is -2.37. The average Bonchev–Trinajstić information content (AvgIpc) is 2.67. The molecule has 0 saturated heterocycles. The Labute approximate surface area is 181 Å². The number of carbonyl (C=O) groups excluding carboxylic acids is 1. The standard InChI is InChI=1S/C19H19ClF4N2O4S/c1-3-26(4-2)31(28,29)17-9-12(5-7-14(17)20)18(27)25-15-10-13(21)6-8-16(15)30-11-19(22,23)24/h5-10H,3-4,11H2,1-2H3,(H,25,27). The van der Waals surface area contributed by atoms with Crippen molar-refractivity contribution in [2.45, 2.75) is 24.9 Å². The second kappa shape index (κ2) is 9.84. The van der Waals surface area contributed by atoms with Crippen LogP contribution in [0.3, 0.4) is 0 Å². The zero-order valence-electron chi connectivity index (χ0n) is 16.5. The fourth-order valence-electron chi connectivity index (χ4n) is 2.62. The van der Waals surface area contributed by atoms with E-state index in [1.807, 2.05) is 0 Å². The number of ether oxygens (including phenoxy) is 1. The molecule has 0 fully saturated rings. The lowest BCUT2D eigenvalue weighted by molar-refractivity contribution is -0.153. The molecule has 2 aromatic carbocycles. The van der Waals surface area contributed by atoms with Gasteiger partial charge in [-0.25, -0.2) is 12.8 Å². The monoisotopic (exact) mass is 482 g/mol. The number of rotatable bonds is 8. The molecule has 0 saturated carbocycles.